The van der Waals surface area contributed by atoms with Gasteiger partial charge in [0.05, 0.1) is 11.0 Å². The van der Waals surface area contributed by atoms with E-state index in [0.717, 1.165) is 5.69 Å². The van der Waals surface area contributed by atoms with Gasteiger partial charge in [-0.15, -0.1) is 0 Å². The Labute approximate surface area is 327 Å². The second kappa shape index (κ2) is 13.1. The maximum absolute atomic E-state index is 2.79. The van der Waals surface area contributed by atoms with Gasteiger partial charge in [0, 0.05) is 21.8 Å². The summed E-state index contributed by atoms with van der Waals surface area (Å²) < 4.78 is 2.49. The lowest BCUT2D eigenvalue weighted by Gasteiger charge is -2.34. The average Bonchev–Trinajstić information content (AvgIpc) is 3.62. The van der Waals surface area contributed by atoms with Crippen LogP contribution in [0.3, 0.4) is 0 Å². The Kier molecular flexibility index (Phi) is 7.58. The van der Waals surface area contributed by atoms with Crippen LogP contribution in [0.15, 0.2) is 224 Å². The summed E-state index contributed by atoms with van der Waals surface area (Å²) in [5.41, 5.74) is 6.01. The third-order valence-electron chi connectivity index (χ3n) is 11.9. The first kappa shape index (κ1) is 32.4. The summed E-state index contributed by atoms with van der Waals surface area (Å²) in [6, 6.07) is 83.5. The van der Waals surface area contributed by atoms with Crippen molar-refractivity contribution in [3.05, 3.63) is 224 Å². The summed E-state index contributed by atoms with van der Waals surface area (Å²) in [5, 5.41) is 15.8. The van der Waals surface area contributed by atoms with Crippen LogP contribution in [0, 0.1) is 0 Å². The first-order chi connectivity index (χ1) is 27.8. The molecule has 11 aromatic rings. The van der Waals surface area contributed by atoms with Crippen molar-refractivity contribution in [3.8, 4) is 16.8 Å². The number of fused-ring (bicyclic) bond motifs is 10. The number of benzene rings is 10. The van der Waals surface area contributed by atoms with Crippen LogP contribution in [0.25, 0.3) is 70.9 Å². The molecule has 0 N–H and O–H groups in total. The van der Waals surface area contributed by atoms with Crippen LogP contribution < -0.4 is 20.7 Å². The molecule has 0 unspecified atom stereocenters. The maximum atomic E-state index is 2.56. The van der Waals surface area contributed by atoms with E-state index in [-0.39, 0.29) is 0 Å². The van der Waals surface area contributed by atoms with Crippen molar-refractivity contribution in [2.45, 2.75) is 0 Å². The summed E-state index contributed by atoms with van der Waals surface area (Å²) in [5.74, 6) is 0. The standard InChI is InChI=1S/C54H37NSi/c1-5-17-38(18-6-1)39-29-31-40(32-30-39)55-51-35-33-44(56(41-19-7-2-8-20-41,42-21-9-3-10-22-42)43-23-11-4-12-24-43)37-50(51)54-52(55)36-34-49-47-27-14-13-25-45(47)46-26-15-16-28-48(46)53(49)54/h1-37H. The zero-order valence-corrected chi connectivity index (χ0v) is 31.8. The largest absolute Gasteiger partial charge is 0.309 e. The summed E-state index contributed by atoms with van der Waals surface area (Å²) >= 11 is 0. The fourth-order valence-electron chi connectivity index (χ4n) is 9.51. The first-order valence-electron chi connectivity index (χ1n) is 19.4. The molecule has 1 aromatic heterocycles. The van der Waals surface area contributed by atoms with Crippen molar-refractivity contribution >= 4 is 82.9 Å². The molecular formula is C54H37NSi. The number of hydrogen-bond donors (Lipinski definition) is 0. The van der Waals surface area contributed by atoms with Gasteiger partial charge in [-0.1, -0.05) is 200 Å². The molecule has 1 nitrogen and oxygen atoms in total. The van der Waals surface area contributed by atoms with Gasteiger partial charge in [0.15, 0.2) is 8.07 Å². The number of aromatic nitrogens is 1. The van der Waals surface area contributed by atoms with E-state index < -0.39 is 8.07 Å². The molecule has 0 saturated heterocycles. The van der Waals surface area contributed by atoms with Crippen molar-refractivity contribution < 1.29 is 0 Å². The lowest BCUT2D eigenvalue weighted by atomic mass is 9.92. The molecule has 0 saturated carbocycles. The Morgan fingerprint density at radius 1 is 0.268 bits per heavy atom. The normalized spacial score (nSPS) is 11.9. The van der Waals surface area contributed by atoms with E-state index in [1.54, 1.807) is 0 Å². The molecule has 1 heterocycles. The van der Waals surface area contributed by atoms with Gasteiger partial charge in [-0.2, -0.15) is 0 Å². The molecule has 10 aromatic carbocycles. The zero-order valence-electron chi connectivity index (χ0n) is 30.8. The van der Waals surface area contributed by atoms with Crippen molar-refractivity contribution in [3.63, 3.8) is 0 Å². The molecule has 0 radical (unpaired) electrons. The lowest BCUT2D eigenvalue weighted by molar-refractivity contribution is 1.18. The minimum Gasteiger partial charge on any atom is -0.309 e. The minimum absolute atomic E-state index is 1.15. The van der Waals surface area contributed by atoms with Crippen molar-refractivity contribution in [2.24, 2.45) is 0 Å². The summed E-state index contributed by atoms with van der Waals surface area (Å²) in [6.07, 6.45) is 0. The number of hydrogen-bond acceptors (Lipinski definition) is 0. The zero-order chi connectivity index (χ0) is 37.1. The first-order valence-corrected chi connectivity index (χ1v) is 21.4. The fraction of sp³-hybridized carbons (Fsp3) is 0. The third-order valence-corrected chi connectivity index (χ3v) is 16.7. The van der Waals surface area contributed by atoms with E-state index in [4.69, 9.17) is 0 Å². The van der Waals surface area contributed by atoms with E-state index in [2.05, 4.69) is 229 Å². The predicted molar refractivity (Wildman–Crippen MR) is 242 cm³/mol. The highest BCUT2D eigenvalue weighted by atomic mass is 28.3. The molecular weight excluding hydrogens is 691 g/mol. The molecule has 0 aliphatic rings. The van der Waals surface area contributed by atoms with Gasteiger partial charge in [-0.05, 0) is 83.1 Å². The van der Waals surface area contributed by atoms with Crippen LogP contribution in [0.1, 0.15) is 0 Å². The summed E-state index contributed by atoms with van der Waals surface area (Å²) in [4.78, 5) is 0. The van der Waals surface area contributed by atoms with Crippen LogP contribution in [-0.2, 0) is 0 Å². The van der Waals surface area contributed by atoms with E-state index >= 15 is 0 Å². The Morgan fingerprint density at radius 3 is 1.25 bits per heavy atom. The quantitative estimate of drug-likeness (QED) is 0.0913. The average molecular weight is 728 g/mol. The van der Waals surface area contributed by atoms with Gasteiger partial charge in [-0.25, -0.2) is 0 Å². The van der Waals surface area contributed by atoms with E-state index in [0.29, 0.717) is 0 Å². The highest BCUT2D eigenvalue weighted by molar-refractivity contribution is 7.20. The Hall–Kier alpha value is -7.00. The molecule has 56 heavy (non-hydrogen) atoms. The molecule has 11 rings (SSSR count). The van der Waals surface area contributed by atoms with Gasteiger partial charge < -0.3 is 4.57 Å². The minimum atomic E-state index is -2.79. The molecule has 0 atom stereocenters. The summed E-state index contributed by atoms with van der Waals surface area (Å²) in [6.45, 7) is 0. The maximum Gasteiger partial charge on any atom is 0.179 e. The van der Waals surface area contributed by atoms with Gasteiger partial charge >= 0.3 is 0 Å². The molecule has 2 heteroatoms. The topological polar surface area (TPSA) is 4.93 Å². The van der Waals surface area contributed by atoms with E-state index in [1.165, 1.54) is 86.0 Å². The molecule has 262 valence electrons. The monoisotopic (exact) mass is 727 g/mol. The van der Waals surface area contributed by atoms with Crippen molar-refractivity contribution in [2.75, 3.05) is 0 Å². The molecule has 0 fully saturated rings. The van der Waals surface area contributed by atoms with E-state index in [1.807, 2.05) is 0 Å². The van der Waals surface area contributed by atoms with Crippen molar-refractivity contribution in [1.29, 1.82) is 0 Å². The van der Waals surface area contributed by atoms with Crippen LogP contribution in [-0.4, -0.2) is 12.6 Å². The molecule has 0 aliphatic heterocycles. The lowest BCUT2D eigenvalue weighted by Crippen LogP contribution is -2.74. The van der Waals surface area contributed by atoms with Crippen LogP contribution >= 0.6 is 0 Å². The summed E-state index contributed by atoms with van der Waals surface area (Å²) in [7, 11) is -2.79. The smallest absolute Gasteiger partial charge is 0.179 e. The fourth-order valence-corrected chi connectivity index (χ4v) is 14.3. The third kappa shape index (κ3) is 4.86. The van der Waals surface area contributed by atoms with Gasteiger partial charge in [0.1, 0.15) is 0 Å². The van der Waals surface area contributed by atoms with Crippen LogP contribution in [0.5, 0.6) is 0 Å². The Morgan fingerprint density at radius 2 is 0.696 bits per heavy atom. The second-order valence-electron chi connectivity index (χ2n) is 14.8. The SMILES string of the molecule is c1ccc(-c2ccc(-n3c4ccc([Si](c5ccccc5)(c5ccccc5)c5ccccc5)cc4c4c5c6ccccc6c6ccccc6c5ccc43)cc2)cc1. The second-order valence-corrected chi connectivity index (χ2v) is 18.6. The van der Waals surface area contributed by atoms with Crippen molar-refractivity contribution in [1.82, 2.24) is 4.57 Å². The highest BCUT2D eigenvalue weighted by Crippen LogP contribution is 2.43. The van der Waals surface area contributed by atoms with Gasteiger partial charge in [0.25, 0.3) is 0 Å². The number of nitrogens with zero attached hydrogens (tertiary/aromatic N) is 1. The van der Waals surface area contributed by atoms with E-state index in [9.17, 15) is 0 Å². The number of rotatable bonds is 6. The predicted octanol–water partition coefficient (Wildman–Crippen LogP) is 11.3. The van der Waals surface area contributed by atoms with Crippen LogP contribution in [0.4, 0.5) is 0 Å². The van der Waals surface area contributed by atoms with Gasteiger partial charge in [-0.3, -0.25) is 0 Å². The van der Waals surface area contributed by atoms with Gasteiger partial charge in [0.2, 0.25) is 0 Å². The highest BCUT2D eigenvalue weighted by Gasteiger charge is 2.41. The van der Waals surface area contributed by atoms with Crippen LogP contribution in [0.2, 0.25) is 0 Å². The molecule has 0 aliphatic carbocycles. The molecule has 0 spiro atoms. The Balaban J connectivity index is 1.30. The Bertz CT molecular complexity index is 3070. The molecule has 0 bridgehead atoms. The molecule has 0 amide bonds.